The first-order valence-corrected chi connectivity index (χ1v) is 9.48. The molecule has 6 nitrogen and oxygen atoms in total. The van der Waals surface area contributed by atoms with Crippen molar-refractivity contribution in [1.82, 2.24) is 4.90 Å². The first-order valence-electron chi connectivity index (χ1n) is 9.48. The molecular formula is C22H21NO5. The van der Waals surface area contributed by atoms with E-state index >= 15 is 0 Å². The molecule has 4 aliphatic rings. The smallest absolute Gasteiger partial charge is 0.234 e. The maximum absolute atomic E-state index is 13.5. The summed E-state index contributed by atoms with van der Waals surface area (Å²) < 4.78 is 0. The molecule has 0 unspecified atom stereocenters. The molecule has 6 rings (SSSR count). The van der Waals surface area contributed by atoms with Crippen LogP contribution in [0.4, 0.5) is 0 Å². The molecule has 0 saturated carbocycles. The van der Waals surface area contributed by atoms with Gasteiger partial charge in [-0.3, -0.25) is 14.5 Å². The number of imide groups is 1. The van der Waals surface area contributed by atoms with Crippen molar-refractivity contribution in [2.24, 2.45) is 11.8 Å². The van der Waals surface area contributed by atoms with Crippen LogP contribution in [0.3, 0.4) is 0 Å². The van der Waals surface area contributed by atoms with Crippen molar-refractivity contribution in [3.8, 4) is 0 Å². The average molecular weight is 379 g/mol. The molecule has 2 atom stereocenters. The summed E-state index contributed by atoms with van der Waals surface area (Å²) in [6.07, 6.45) is 0. The summed E-state index contributed by atoms with van der Waals surface area (Å²) in [5, 5.41) is 29.5. The summed E-state index contributed by atoms with van der Waals surface area (Å²) >= 11 is 0. The number of hydrogen-bond donors (Lipinski definition) is 3. The van der Waals surface area contributed by atoms with E-state index in [0.717, 1.165) is 27.2 Å². The van der Waals surface area contributed by atoms with Crippen LogP contribution in [0, 0.1) is 11.8 Å². The third-order valence-electron chi connectivity index (χ3n) is 6.81. The minimum absolute atomic E-state index is 0.252. The standard InChI is InChI=1S/C22H21NO5/c24-9-22(10-25,11-26)23-20(27)18-16-12-5-1-2-6-13(12)17(19(18)21(23)28)15-8-4-3-7-14(15)16/h1-8,16-19,24-26H,9-11H2/t16?,17?,18-,19+. The predicted octanol–water partition coefficient (Wildman–Crippen LogP) is 0.594. The summed E-state index contributed by atoms with van der Waals surface area (Å²) in [7, 11) is 0. The predicted molar refractivity (Wildman–Crippen MR) is 99.4 cm³/mol. The zero-order chi connectivity index (χ0) is 19.6. The van der Waals surface area contributed by atoms with E-state index in [0.29, 0.717) is 0 Å². The van der Waals surface area contributed by atoms with E-state index in [1.54, 1.807) is 0 Å². The molecule has 1 saturated heterocycles. The lowest BCUT2D eigenvalue weighted by Crippen LogP contribution is -2.60. The van der Waals surface area contributed by atoms with Crippen molar-refractivity contribution >= 4 is 11.8 Å². The van der Waals surface area contributed by atoms with Crippen LogP contribution in [0.1, 0.15) is 34.1 Å². The molecule has 0 aromatic heterocycles. The lowest BCUT2D eigenvalue weighted by Gasteiger charge is -2.45. The molecule has 6 heteroatoms. The minimum Gasteiger partial charge on any atom is -0.394 e. The number of aliphatic hydroxyl groups is 3. The Bertz CT molecular complexity index is 859. The van der Waals surface area contributed by atoms with Gasteiger partial charge in [0.25, 0.3) is 0 Å². The third kappa shape index (κ3) is 1.92. The highest BCUT2D eigenvalue weighted by atomic mass is 16.3. The number of aliphatic hydroxyl groups excluding tert-OH is 3. The van der Waals surface area contributed by atoms with Gasteiger partial charge in [0.1, 0.15) is 5.54 Å². The molecule has 2 amide bonds. The van der Waals surface area contributed by atoms with Crippen molar-refractivity contribution in [2.75, 3.05) is 19.8 Å². The fraction of sp³-hybridized carbons (Fsp3) is 0.364. The second kappa shape index (κ2) is 5.98. The quantitative estimate of drug-likeness (QED) is 0.676. The summed E-state index contributed by atoms with van der Waals surface area (Å²) in [6.45, 7) is -2.07. The highest BCUT2D eigenvalue weighted by molar-refractivity contribution is 6.08. The summed E-state index contributed by atoms with van der Waals surface area (Å²) in [5.41, 5.74) is 2.52. The molecule has 1 aliphatic heterocycles. The Morgan fingerprint density at radius 3 is 1.29 bits per heavy atom. The summed E-state index contributed by atoms with van der Waals surface area (Å²) in [4.78, 5) is 27.9. The van der Waals surface area contributed by atoms with Crippen LogP contribution in [0.2, 0.25) is 0 Å². The van der Waals surface area contributed by atoms with E-state index in [-0.39, 0.29) is 11.8 Å². The second-order valence-electron chi connectivity index (χ2n) is 7.98. The van der Waals surface area contributed by atoms with Crippen LogP contribution < -0.4 is 0 Å². The maximum Gasteiger partial charge on any atom is 0.234 e. The van der Waals surface area contributed by atoms with E-state index in [1.165, 1.54) is 0 Å². The fourth-order valence-corrected chi connectivity index (χ4v) is 5.51. The van der Waals surface area contributed by atoms with Gasteiger partial charge < -0.3 is 15.3 Å². The van der Waals surface area contributed by atoms with Crippen molar-refractivity contribution in [2.45, 2.75) is 17.4 Å². The molecule has 2 aromatic rings. The fourth-order valence-electron chi connectivity index (χ4n) is 5.51. The topological polar surface area (TPSA) is 98.1 Å². The van der Waals surface area contributed by atoms with Gasteiger partial charge in [0.15, 0.2) is 0 Å². The van der Waals surface area contributed by atoms with Crippen molar-refractivity contribution in [1.29, 1.82) is 0 Å². The molecule has 1 fully saturated rings. The Morgan fingerprint density at radius 2 is 1.00 bits per heavy atom. The zero-order valence-corrected chi connectivity index (χ0v) is 15.2. The number of carbonyl (C=O) groups is 2. The molecule has 3 aliphatic carbocycles. The Kier molecular flexibility index (Phi) is 3.75. The molecule has 2 aromatic carbocycles. The SMILES string of the molecule is O=C1[C@@H]2C3c4ccccc4C(c4ccccc43)[C@@H]2C(=O)N1C(CO)(CO)CO. The van der Waals surface area contributed by atoms with E-state index in [1.807, 2.05) is 48.5 Å². The number of rotatable bonds is 4. The normalized spacial score (nSPS) is 27.6. The van der Waals surface area contributed by atoms with Gasteiger partial charge in [0.2, 0.25) is 11.8 Å². The molecule has 144 valence electrons. The van der Waals surface area contributed by atoms with Gasteiger partial charge >= 0.3 is 0 Å². The zero-order valence-electron chi connectivity index (χ0n) is 15.2. The third-order valence-corrected chi connectivity index (χ3v) is 6.81. The summed E-state index contributed by atoms with van der Waals surface area (Å²) in [6, 6.07) is 15.8. The van der Waals surface area contributed by atoms with Crippen LogP contribution in [-0.4, -0.2) is 57.4 Å². The first-order chi connectivity index (χ1) is 13.6. The van der Waals surface area contributed by atoms with Crippen LogP contribution in [0.25, 0.3) is 0 Å². The van der Waals surface area contributed by atoms with Gasteiger partial charge in [0, 0.05) is 11.8 Å². The lowest BCUT2D eigenvalue weighted by molar-refractivity contribution is -0.155. The maximum atomic E-state index is 13.5. The number of hydrogen-bond acceptors (Lipinski definition) is 5. The van der Waals surface area contributed by atoms with Gasteiger partial charge in [-0.2, -0.15) is 0 Å². The molecule has 0 spiro atoms. The molecule has 3 N–H and O–H groups in total. The van der Waals surface area contributed by atoms with Gasteiger partial charge in [-0.25, -0.2) is 0 Å². The van der Waals surface area contributed by atoms with Crippen LogP contribution >= 0.6 is 0 Å². The van der Waals surface area contributed by atoms with Crippen LogP contribution in [0.15, 0.2) is 48.5 Å². The highest BCUT2D eigenvalue weighted by Gasteiger charge is 2.64. The van der Waals surface area contributed by atoms with Crippen molar-refractivity contribution in [3.63, 3.8) is 0 Å². The first kappa shape index (κ1) is 17.6. The Hall–Kier alpha value is -2.54. The number of likely N-dealkylation sites (tertiary alicyclic amines) is 1. The number of carbonyl (C=O) groups excluding carboxylic acids is 2. The van der Waals surface area contributed by atoms with Gasteiger partial charge in [-0.15, -0.1) is 0 Å². The van der Waals surface area contributed by atoms with Crippen LogP contribution in [0.5, 0.6) is 0 Å². The molecule has 1 heterocycles. The van der Waals surface area contributed by atoms with E-state index < -0.39 is 49.0 Å². The molecule has 0 radical (unpaired) electrons. The average Bonchev–Trinajstić information content (AvgIpc) is 3.02. The minimum atomic E-state index is -1.69. The molecule has 2 bridgehead atoms. The lowest BCUT2D eigenvalue weighted by atomic mass is 9.55. The number of benzene rings is 2. The number of nitrogens with zero attached hydrogens (tertiary/aromatic N) is 1. The molecule has 28 heavy (non-hydrogen) atoms. The highest BCUT2D eigenvalue weighted by Crippen LogP contribution is 2.61. The van der Waals surface area contributed by atoms with Crippen molar-refractivity contribution < 1.29 is 24.9 Å². The van der Waals surface area contributed by atoms with Gasteiger partial charge in [-0.05, 0) is 22.3 Å². The van der Waals surface area contributed by atoms with Crippen LogP contribution in [-0.2, 0) is 9.59 Å². The van der Waals surface area contributed by atoms with E-state index in [9.17, 15) is 24.9 Å². The Balaban J connectivity index is 1.73. The van der Waals surface area contributed by atoms with E-state index in [2.05, 4.69) is 0 Å². The van der Waals surface area contributed by atoms with Crippen molar-refractivity contribution in [3.05, 3.63) is 70.8 Å². The second-order valence-corrected chi connectivity index (χ2v) is 7.98. The van der Waals surface area contributed by atoms with Gasteiger partial charge in [0.05, 0.1) is 31.7 Å². The molecular weight excluding hydrogens is 358 g/mol. The van der Waals surface area contributed by atoms with E-state index in [4.69, 9.17) is 0 Å². The Labute approximate surface area is 162 Å². The monoisotopic (exact) mass is 379 g/mol. The largest absolute Gasteiger partial charge is 0.394 e. The number of amides is 2. The summed E-state index contributed by atoms with van der Waals surface area (Å²) in [5.74, 6) is -2.54. The van der Waals surface area contributed by atoms with Gasteiger partial charge in [-0.1, -0.05) is 48.5 Å². The Morgan fingerprint density at radius 1 is 0.679 bits per heavy atom.